The Balaban J connectivity index is 2.10. The van der Waals surface area contributed by atoms with E-state index in [1.54, 1.807) is 29.5 Å². The average molecular weight is 331 g/mol. The van der Waals surface area contributed by atoms with E-state index in [0.29, 0.717) is 17.6 Å². The second kappa shape index (κ2) is 6.66. The van der Waals surface area contributed by atoms with E-state index >= 15 is 0 Å². The number of aryl methyl sites for hydroxylation is 1. The van der Waals surface area contributed by atoms with E-state index in [2.05, 4.69) is 28.8 Å². The summed E-state index contributed by atoms with van der Waals surface area (Å²) < 4.78 is 2.28. The molecule has 0 spiro atoms. The summed E-state index contributed by atoms with van der Waals surface area (Å²) in [5.74, 6) is 0.613. The molecule has 0 amide bonds. The lowest BCUT2D eigenvalue weighted by atomic mass is 9.85. The fraction of sp³-hybridized carbons (Fsp3) is 0.471. The van der Waals surface area contributed by atoms with Crippen LogP contribution in [0.5, 0.6) is 0 Å². The number of hydrogen-bond acceptors (Lipinski definition) is 4. The molecule has 2 unspecified atom stereocenters. The van der Waals surface area contributed by atoms with Crippen LogP contribution in [0.3, 0.4) is 0 Å². The maximum absolute atomic E-state index is 11.2. The number of nitro benzene ring substituents is 1. The summed E-state index contributed by atoms with van der Waals surface area (Å²) in [5.41, 5.74) is 1.67. The maximum Gasteiger partial charge on any atom is 0.294 e. The van der Waals surface area contributed by atoms with Gasteiger partial charge in [-0.3, -0.25) is 10.1 Å². The van der Waals surface area contributed by atoms with Crippen LogP contribution in [0.1, 0.15) is 44.3 Å². The van der Waals surface area contributed by atoms with Crippen molar-refractivity contribution in [2.45, 2.75) is 45.6 Å². The molecule has 0 bridgehead atoms. The van der Waals surface area contributed by atoms with Crippen LogP contribution < -0.4 is 4.80 Å². The third-order valence-corrected chi connectivity index (χ3v) is 5.57. The molecule has 122 valence electrons. The lowest BCUT2D eigenvalue weighted by molar-refractivity contribution is -0.384. The lowest BCUT2D eigenvalue weighted by Crippen LogP contribution is -2.29. The standard InChI is InChI=1S/C17H21N3O2S/c1-12-7-3-5-9-15(12)19-13(2)11-23-17(19)18-14-8-4-6-10-16(14)20(21)22/h4,6,8,10-12,15H,3,5,7,9H2,1-2H3. The van der Waals surface area contributed by atoms with E-state index in [4.69, 9.17) is 0 Å². The van der Waals surface area contributed by atoms with Crippen LogP contribution in [0.4, 0.5) is 11.4 Å². The largest absolute Gasteiger partial charge is 0.318 e. The first-order chi connectivity index (χ1) is 11.1. The third kappa shape index (κ3) is 3.22. The molecule has 23 heavy (non-hydrogen) atoms. The molecule has 1 aliphatic carbocycles. The van der Waals surface area contributed by atoms with Gasteiger partial charge in [0.2, 0.25) is 0 Å². The van der Waals surface area contributed by atoms with E-state index in [9.17, 15) is 10.1 Å². The number of hydrogen-bond donors (Lipinski definition) is 0. The van der Waals surface area contributed by atoms with Gasteiger partial charge >= 0.3 is 0 Å². The molecule has 3 rings (SSSR count). The second-order valence-electron chi connectivity index (χ2n) is 6.22. The molecule has 1 aliphatic rings. The number of rotatable bonds is 3. The van der Waals surface area contributed by atoms with E-state index < -0.39 is 0 Å². The van der Waals surface area contributed by atoms with Crippen LogP contribution in [0, 0.1) is 23.0 Å². The number of nitro groups is 1. The molecule has 1 saturated carbocycles. The van der Waals surface area contributed by atoms with Crippen LogP contribution in [0.15, 0.2) is 34.6 Å². The molecule has 5 nitrogen and oxygen atoms in total. The Morgan fingerprint density at radius 2 is 2.04 bits per heavy atom. The molecular weight excluding hydrogens is 310 g/mol. The quantitative estimate of drug-likeness (QED) is 0.602. The minimum Gasteiger partial charge on any atom is -0.318 e. The van der Waals surface area contributed by atoms with Crippen molar-refractivity contribution in [2.24, 2.45) is 10.9 Å². The van der Waals surface area contributed by atoms with Gasteiger partial charge in [-0.05, 0) is 31.7 Å². The molecule has 1 aromatic carbocycles. The fourth-order valence-corrected chi connectivity index (χ4v) is 4.32. The maximum atomic E-state index is 11.2. The molecule has 1 aromatic heterocycles. The topological polar surface area (TPSA) is 60.4 Å². The number of nitrogens with zero attached hydrogens (tertiary/aromatic N) is 3. The van der Waals surface area contributed by atoms with Crippen molar-refractivity contribution >= 4 is 22.7 Å². The van der Waals surface area contributed by atoms with Gasteiger partial charge in [0.15, 0.2) is 4.80 Å². The number of benzene rings is 1. The highest BCUT2D eigenvalue weighted by Crippen LogP contribution is 2.34. The molecule has 1 heterocycles. The predicted molar refractivity (Wildman–Crippen MR) is 92.0 cm³/mol. The molecule has 0 N–H and O–H groups in total. The molecule has 2 atom stereocenters. The lowest BCUT2D eigenvalue weighted by Gasteiger charge is -2.30. The molecule has 6 heteroatoms. The summed E-state index contributed by atoms with van der Waals surface area (Å²) in [6.45, 7) is 4.39. The summed E-state index contributed by atoms with van der Waals surface area (Å²) in [5, 5.41) is 13.3. The first-order valence-electron chi connectivity index (χ1n) is 8.02. The summed E-state index contributed by atoms with van der Waals surface area (Å²) in [6.07, 6.45) is 4.92. The van der Waals surface area contributed by atoms with E-state index in [0.717, 1.165) is 11.2 Å². The Morgan fingerprint density at radius 3 is 2.78 bits per heavy atom. The van der Waals surface area contributed by atoms with Crippen molar-refractivity contribution in [1.29, 1.82) is 0 Å². The van der Waals surface area contributed by atoms with Crippen molar-refractivity contribution < 1.29 is 4.92 Å². The van der Waals surface area contributed by atoms with E-state index in [-0.39, 0.29) is 10.6 Å². The zero-order valence-electron chi connectivity index (χ0n) is 13.4. The summed E-state index contributed by atoms with van der Waals surface area (Å²) in [6, 6.07) is 7.12. The monoisotopic (exact) mass is 331 g/mol. The van der Waals surface area contributed by atoms with Gasteiger partial charge in [-0.1, -0.05) is 31.9 Å². The van der Waals surface area contributed by atoms with Crippen molar-refractivity contribution in [3.63, 3.8) is 0 Å². The molecular formula is C17H21N3O2S. The van der Waals surface area contributed by atoms with Crippen molar-refractivity contribution in [3.05, 3.63) is 50.3 Å². The van der Waals surface area contributed by atoms with Gasteiger partial charge in [0.1, 0.15) is 5.69 Å². The van der Waals surface area contributed by atoms with Crippen LogP contribution in [0.2, 0.25) is 0 Å². The Kier molecular flexibility index (Phi) is 4.61. The summed E-state index contributed by atoms with van der Waals surface area (Å²) in [7, 11) is 0. The highest BCUT2D eigenvalue weighted by atomic mass is 32.1. The van der Waals surface area contributed by atoms with Crippen LogP contribution in [-0.2, 0) is 0 Å². The summed E-state index contributed by atoms with van der Waals surface area (Å²) >= 11 is 1.56. The zero-order valence-corrected chi connectivity index (χ0v) is 14.3. The van der Waals surface area contributed by atoms with Crippen LogP contribution in [-0.4, -0.2) is 9.49 Å². The molecule has 0 aliphatic heterocycles. The highest BCUT2D eigenvalue weighted by molar-refractivity contribution is 7.07. The van der Waals surface area contributed by atoms with Gasteiger partial charge in [-0.15, -0.1) is 11.3 Å². The van der Waals surface area contributed by atoms with E-state index in [1.165, 1.54) is 31.0 Å². The van der Waals surface area contributed by atoms with Crippen LogP contribution in [0.25, 0.3) is 0 Å². The fourth-order valence-electron chi connectivity index (χ4n) is 3.38. The van der Waals surface area contributed by atoms with Gasteiger partial charge in [-0.2, -0.15) is 0 Å². The second-order valence-corrected chi connectivity index (χ2v) is 7.05. The van der Waals surface area contributed by atoms with Crippen molar-refractivity contribution in [2.75, 3.05) is 0 Å². The molecule has 0 radical (unpaired) electrons. The Hall–Kier alpha value is -1.95. The predicted octanol–water partition coefficient (Wildman–Crippen LogP) is 4.75. The third-order valence-electron chi connectivity index (χ3n) is 4.61. The van der Waals surface area contributed by atoms with E-state index in [1.807, 2.05) is 0 Å². The molecule has 0 saturated heterocycles. The van der Waals surface area contributed by atoms with Gasteiger partial charge in [0.05, 0.1) is 4.92 Å². The number of aromatic nitrogens is 1. The smallest absolute Gasteiger partial charge is 0.294 e. The minimum absolute atomic E-state index is 0.0572. The first-order valence-corrected chi connectivity index (χ1v) is 8.90. The van der Waals surface area contributed by atoms with Gasteiger partial charge < -0.3 is 4.57 Å². The molecule has 2 aromatic rings. The zero-order chi connectivity index (χ0) is 16.4. The Bertz CT molecular complexity index is 778. The van der Waals surface area contributed by atoms with Gasteiger partial charge in [0, 0.05) is 23.2 Å². The van der Waals surface area contributed by atoms with Crippen LogP contribution >= 0.6 is 11.3 Å². The Labute approximate surface area is 139 Å². The SMILES string of the molecule is Cc1csc(=Nc2ccccc2[N+](=O)[O-])n1C1CCCCC1C. The van der Waals surface area contributed by atoms with Gasteiger partial charge in [-0.25, -0.2) is 4.99 Å². The van der Waals surface area contributed by atoms with Crippen molar-refractivity contribution in [1.82, 2.24) is 4.57 Å². The highest BCUT2D eigenvalue weighted by Gasteiger charge is 2.25. The summed E-state index contributed by atoms with van der Waals surface area (Å²) in [4.78, 5) is 16.3. The van der Waals surface area contributed by atoms with Crippen molar-refractivity contribution in [3.8, 4) is 0 Å². The number of thiazole rings is 1. The Morgan fingerprint density at radius 1 is 1.30 bits per heavy atom. The normalized spacial score (nSPS) is 22.3. The number of para-hydroxylation sites is 2. The average Bonchev–Trinajstić information content (AvgIpc) is 2.89. The van der Waals surface area contributed by atoms with Gasteiger partial charge in [0.25, 0.3) is 5.69 Å². The minimum atomic E-state index is -0.368. The first kappa shape index (κ1) is 15.9. The molecule has 1 fully saturated rings.